The van der Waals surface area contributed by atoms with Crippen molar-refractivity contribution in [2.75, 3.05) is 19.8 Å². The van der Waals surface area contributed by atoms with Crippen molar-refractivity contribution in [3.05, 3.63) is 66.0 Å². The predicted molar refractivity (Wildman–Crippen MR) is 104 cm³/mol. The smallest absolute Gasteiger partial charge is 0.307 e. The van der Waals surface area contributed by atoms with Crippen LogP contribution < -0.4 is 4.74 Å². The second-order valence-electron chi connectivity index (χ2n) is 6.26. The molecule has 1 amide bonds. The van der Waals surface area contributed by atoms with Crippen molar-refractivity contribution < 1.29 is 23.5 Å². The molecule has 0 saturated carbocycles. The second kappa shape index (κ2) is 11.7. The quantitative estimate of drug-likeness (QED) is 0.432. The van der Waals surface area contributed by atoms with E-state index in [0.717, 1.165) is 11.3 Å². The zero-order chi connectivity index (χ0) is 20.2. The highest BCUT2D eigenvalue weighted by Gasteiger charge is 2.16. The van der Waals surface area contributed by atoms with Gasteiger partial charge in [-0.05, 0) is 43.2 Å². The number of carbonyl (C=O) groups is 2. The number of amides is 1. The van der Waals surface area contributed by atoms with Gasteiger partial charge in [-0.3, -0.25) is 9.59 Å². The Morgan fingerprint density at radius 1 is 1.00 bits per heavy atom. The van der Waals surface area contributed by atoms with Gasteiger partial charge < -0.3 is 14.4 Å². The Morgan fingerprint density at radius 3 is 2.39 bits per heavy atom. The summed E-state index contributed by atoms with van der Waals surface area (Å²) in [5.74, 6) is 0.0174. The van der Waals surface area contributed by atoms with Gasteiger partial charge in [0.2, 0.25) is 5.91 Å². The molecule has 0 aromatic heterocycles. The summed E-state index contributed by atoms with van der Waals surface area (Å²) in [5, 5.41) is 0. The zero-order valence-electron chi connectivity index (χ0n) is 16.1. The number of esters is 1. The van der Waals surface area contributed by atoms with Crippen LogP contribution in [-0.4, -0.2) is 36.5 Å². The average Bonchev–Trinajstić information content (AvgIpc) is 2.70. The SMILES string of the molecule is CCOC(=O)CCN(Cc1ccc(F)cc1)C(=O)CCCOc1ccccc1. The maximum atomic E-state index is 13.1. The minimum Gasteiger partial charge on any atom is -0.494 e. The molecule has 0 saturated heterocycles. The molecule has 150 valence electrons. The molecule has 0 N–H and O–H groups in total. The number of hydrogen-bond acceptors (Lipinski definition) is 4. The molecular formula is C22H26FNO4. The molecule has 0 aliphatic heterocycles. The molecule has 0 aliphatic carbocycles. The lowest BCUT2D eigenvalue weighted by Gasteiger charge is -2.22. The van der Waals surface area contributed by atoms with Crippen LogP contribution in [0, 0.1) is 5.82 Å². The Hall–Kier alpha value is -2.89. The predicted octanol–water partition coefficient (Wildman–Crippen LogP) is 3.97. The van der Waals surface area contributed by atoms with Crippen molar-refractivity contribution in [1.29, 1.82) is 0 Å². The minimum absolute atomic E-state index is 0.0784. The molecule has 0 spiro atoms. The maximum absolute atomic E-state index is 13.1. The van der Waals surface area contributed by atoms with Gasteiger partial charge in [-0.15, -0.1) is 0 Å². The molecule has 0 bridgehead atoms. The van der Waals surface area contributed by atoms with Crippen LogP contribution in [0.15, 0.2) is 54.6 Å². The van der Waals surface area contributed by atoms with Gasteiger partial charge in [-0.25, -0.2) is 4.39 Å². The van der Waals surface area contributed by atoms with Gasteiger partial charge in [0.25, 0.3) is 0 Å². The van der Waals surface area contributed by atoms with E-state index in [4.69, 9.17) is 9.47 Å². The summed E-state index contributed by atoms with van der Waals surface area (Å²) in [6, 6.07) is 15.4. The molecule has 2 aromatic carbocycles. The molecule has 0 fully saturated rings. The van der Waals surface area contributed by atoms with Crippen molar-refractivity contribution >= 4 is 11.9 Å². The third-order valence-corrected chi connectivity index (χ3v) is 4.08. The highest BCUT2D eigenvalue weighted by Crippen LogP contribution is 2.12. The van der Waals surface area contributed by atoms with Gasteiger partial charge in [0.1, 0.15) is 11.6 Å². The summed E-state index contributed by atoms with van der Waals surface area (Å²) in [4.78, 5) is 25.9. The summed E-state index contributed by atoms with van der Waals surface area (Å²) >= 11 is 0. The lowest BCUT2D eigenvalue weighted by molar-refractivity contribution is -0.144. The van der Waals surface area contributed by atoms with Gasteiger partial charge in [0, 0.05) is 19.5 Å². The number of benzene rings is 2. The van der Waals surface area contributed by atoms with Gasteiger partial charge in [-0.1, -0.05) is 30.3 Å². The third-order valence-electron chi connectivity index (χ3n) is 4.08. The van der Waals surface area contributed by atoms with E-state index in [9.17, 15) is 14.0 Å². The molecule has 0 radical (unpaired) electrons. The second-order valence-corrected chi connectivity index (χ2v) is 6.26. The lowest BCUT2D eigenvalue weighted by Crippen LogP contribution is -2.33. The van der Waals surface area contributed by atoms with E-state index in [1.165, 1.54) is 12.1 Å². The normalized spacial score (nSPS) is 10.4. The van der Waals surface area contributed by atoms with Gasteiger partial charge >= 0.3 is 5.97 Å². The topological polar surface area (TPSA) is 55.8 Å². The molecule has 2 aromatic rings. The molecule has 0 heterocycles. The van der Waals surface area contributed by atoms with Gasteiger partial charge in [0.15, 0.2) is 0 Å². The number of halogens is 1. The Balaban J connectivity index is 1.87. The largest absolute Gasteiger partial charge is 0.494 e. The fourth-order valence-corrected chi connectivity index (χ4v) is 2.65. The number of carbonyl (C=O) groups excluding carboxylic acids is 2. The first-order valence-corrected chi connectivity index (χ1v) is 9.44. The van der Waals surface area contributed by atoms with E-state index < -0.39 is 0 Å². The summed E-state index contributed by atoms with van der Waals surface area (Å²) < 4.78 is 23.7. The van der Waals surface area contributed by atoms with Crippen LogP contribution in [0.3, 0.4) is 0 Å². The number of ether oxygens (including phenoxy) is 2. The molecule has 6 heteroatoms. The fraction of sp³-hybridized carbons (Fsp3) is 0.364. The summed E-state index contributed by atoms with van der Waals surface area (Å²) in [7, 11) is 0. The van der Waals surface area contributed by atoms with E-state index in [0.29, 0.717) is 32.6 Å². The van der Waals surface area contributed by atoms with Crippen molar-refractivity contribution in [2.24, 2.45) is 0 Å². The van der Waals surface area contributed by atoms with Crippen molar-refractivity contribution in [2.45, 2.75) is 32.7 Å². The minimum atomic E-state index is -0.341. The zero-order valence-corrected chi connectivity index (χ0v) is 16.1. The number of nitrogens with zero attached hydrogens (tertiary/aromatic N) is 1. The number of rotatable bonds is 11. The van der Waals surface area contributed by atoms with E-state index >= 15 is 0 Å². The Kier molecular flexibility index (Phi) is 8.98. The lowest BCUT2D eigenvalue weighted by atomic mass is 10.2. The Labute approximate surface area is 165 Å². The first kappa shape index (κ1) is 21.4. The van der Waals surface area contributed by atoms with Gasteiger partial charge in [-0.2, -0.15) is 0 Å². The number of hydrogen-bond donors (Lipinski definition) is 0. The van der Waals surface area contributed by atoms with Crippen LogP contribution in [0.1, 0.15) is 31.7 Å². The van der Waals surface area contributed by atoms with Crippen LogP contribution in [0.5, 0.6) is 5.75 Å². The van der Waals surface area contributed by atoms with Crippen molar-refractivity contribution in [3.63, 3.8) is 0 Å². The van der Waals surface area contributed by atoms with Gasteiger partial charge in [0.05, 0.1) is 19.6 Å². The van der Waals surface area contributed by atoms with Crippen LogP contribution in [-0.2, 0) is 20.9 Å². The Bertz CT molecular complexity index is 734. The molecule has 0 atom stereocenters. The molecule has 28 heavy (non-hydrogen) atoms. The van der Waals surface area contributed by atoms with Crippen LogP contribution in [0.4, 0.5) is 4.39 Å². The highest BCUT2D eigenvalue weighted by molar-refractivity contribution is 5.77. The third kappa shape index (κ3) is 7.78. The summed E-state index contributed by atoms with van der Waals surface area (Å²) in [6.45, 7) is 3.05. The monoisotopic (exact) mass is 387 g/mol. The first-order valence-electron chi connectivity index (χ1n) is 9.44. The van der Waals surface area contributed by atoms with Crippen LogP contribution in [0.25, 0.3) is 0 Å². The first-order chi connectivity index (χ1) is 13.6. The van der Waals surface area contributed by atoms with E-state index in [2.05, 4.69) is 0 Å². The van der Waals surface area contributed by atoms with E-state index in [1.54, 1.807) is 24.0 Å². The molecule has 2 rings (SSSR count). The Morgan fingerprint density at radius 2 is 1.71 bits per heavy atom. The molecule has 0 aliphatic rings. The summed E-state index contributed by atoms with van der Waals surface area (Å²) in [5.41, 5.74) is 0.805. The fourth-order valence-electron chi connectivity index (χ4n) is 2.65. The average molecular weight is 387 g/mol. The van der Waals surface area contributed by atoms with Crippen LogP contribution in [0.2, 0.25) is 0 Å². The molecule has 5 nitrogen and oxygen atoms in total. The summed E-state index contributed by atoms with van der Waals surface area (Å²) in [6.07, 6.45) is 0.991. The maximum Gasteiger partial charge on any atom is 0.307 e. The van der Waals surface area contributed by atoms with Crippen molar-refractivity contribution in [1.82, 2.24) is 4.90 Å². The van der Waals surface area contributed by atoms with Crippen LogP contribution >= 0.6 is 0 Å². The van der Waals surface area contributed by atoms with Crippen molar-refractivity contribution in [3.8, 4) is 5.75 Å². The number of para-hydroxylation sites is 1. The van der Waals surface area contributed by atoms with E-state index in [-0.39, 0.29) is 30.7 Å². The molecular weight excluding hydrogens is 361 g/mol. The molecule has 0 unspecified atom stereocenters. The highest BCUT2D eigenvalue weighted by atomic mass is 19.1. The standard InChI is InChI=1S/C22H26FNO4/c1-2-27-22(26)14-15-24(17-18-10-12-19(23)13-11-18)21(25)9-6-16-28-20-7-4-3-5-8-20/h3-5,7-8,10-13H,2,6,9,14-17H2,1H3. The van der Waals surface area contributed by atoms with E-state index in [1.807, 2.05) is 30.3 Å².